The Kier molecular flexibility index (Phi) is 5.53. The number of carbonyl (C=O) groups is 1. The van der Waals surface area contributed by atoms with Crippen LogP contribution < -0.4 is 5.32 Å². The van der Waals surface area contributed by atoms with Crippen LogP contribution in [0.25, 0.3) is 11.1 Å². The molecule has 0 spiro atoms. The van der Waals surface area contributed by atoms with E-state index in [9.17, 15) is 4.79 Å². The van der Waals surface area contributed by atoms with Crippen LogP contribution in [0.1, 0.15) is 23.2 Å². The van der Waals surface area contributed by atoms with E-state index in [4.69, 9.17) is 9.84 Å². The third kappa shape index (κ3) is 4.21. The number of nitrogens with zero attached hydrogens (tertiary/aromatic N) is 1. The Balaban J connectivity index is 1.34. The molecule has 4 rings (SSSR count). The van der Waals surface area contributed by atoms with Crippen LogP contribution in [0.5, 0.6) is 0 Å². The van der Waals surface area contributed by atoms with Gasteiger partial charge < -0.3 is 15.2 Å². The lowest BCUT2D eigenvalue weighted by atomic mass is 10.0. The second-order valence-corrected chi connectivity index (χ2v) is 7.42. The summed E-state index contributed by atoms with van der Waals surface area (Å²) in [6.07, 6.45) is 1.69. The number of hydrogen-bond donors (Lipinski definition) is 2. The third-order valence-electron chi connectivity index (χ3n) is 5.53. The van der Waals surface area contributed by atoms with Gasteiger partial charge in [-0.05, 0) is 36.1 Å². The number of nitrogens with one attached hydrogen (secondary N) is 1. The van der Waals surface area contributed by atoms with E-state index in [-0.39, 0.29) is 24.7 Å². The number of morpholine rings is 1. The zero-order chi connectivity index (χ0) is 18.6. The van der Waals surface area contributed by atoms with E-state index in [1.165, 1.54) is 0 Å². The second-order valence-electron chi connectivity index (χ2n) is 7.42. The molecule has 2 aliphatic rings. The highest BCUT2D eigenvalue weighted by atomic mass is 16.5. The number of carbonyl (C=O) groups excluding carboxylic acids is 1. The van der Waals surface area contributed by atoms with Crippen molar-refractivity contribution >= 4 is 5.91 Å². The Hall–Kier alpha value is -2.21. The predicted molar refractivity (Wildman–Crippen MR) is 105 cm³/mol. The summed E-state index contributed by atoms with van der Waals surface area (Å²) in [4.78, 5) is 15.0. The molecule has 5 nitrogen and oxygen atoms in total. The summed E-state index contributed by atoms with van der Waals surface area (Å²) in [5, 5.41) is 12.3. The normalized spacial score (nSPS) is 25.1. The molecular formula is C22H26N2O3. The van der Waals surface area contributed by atoms with Gasteiger partial charge in [0, 0.05) is 37.3 Å². The van der Waals surface area contributed by atoms with Gasteiger partial charge in [0.1, 0.15) is 0 Å². The summed E-state index contributed by atoms with van der Waals surface area (Å²) in [6, 6.07) is 18.4. The number of rotatable bonds is 5. The quantitative estimate of drug-likeness (QED) is 0.853. The second kappa shape index (κ2) is 8.21. The molecule has 3 atom stereocenters. The van der Waals surface area contributed by atoms with Gasteiger partial charge in [-0.3, -0.25) is 9.69 Å². The number of fused-ring (bicyclic) bond motifs is 1. The molecule has 5 heteroatoms. The summed E-state index contributed by atoms with van der Waals surface area (Å²) >= 11 is 0. The summed E-state index contributed by atoms with van der Waals surface area (Å²) in [6.45, 7) is 2.53. The van der Waals surface area contributed by atoms with Gasteiger partial charge >= 0.3 is 0 Å². The minimum absolute atomic E-state index is 0.0210. The molecule has 0 aromatic heterocycles. The van der Waals surface area contributed by atoms with Crippen molar-refractivity contribution in [1.82, 2.24) is 10.2 Å². The summed E-state index contributed by atoms with van der Waals surface area (Å²) in [5.74, 6) is -0.0210. The Bertz CT molecular complexity index is 763. The van der Waals surface area contributed by atoms with E-state index < -0.39 is 0 Å². The molecule has 1 amide bonds. The van der Waals surface area contributed by atoms with Crippen LogP contribution in [0, 0.1) is 0 Å². The van der Waals surface area contributed by atoms with Gasteiger partial charge in [0.2, 0.25) is 0 Å². The van der Waals surface area contributed by atoms with Crippen molar-refractivity contribution < 1.29 is 14.6 Å². The first kappa shape index (κ1) is 18.2. The van der Waals surface area contributed by atoms with Crippen molar-refractivity contribution in [2.24, 2.45) is 0 Å². The molecule has 2 N–H and O–H groups in total. The van der Waals surface area contributed by atoms with Gasteiger partial charge in [0.15, 0.2) is 0 Å². The molecule has 2 aromatic rings. The summed E-state index contributed by atoms with van der Waals surface area (Å²) in [5.41, 5.74) is 2.95. The molecule has 0 aliphatic carbocycles. The lowest BCUT2D eigenvalue weighted by molar-refractivity contribution is -0.0566. The monoisotopic (exact) mass is 366 g/mol. The zero-order valence-corrected chi connectivity index (χ0v) is 15.4. The first-order valence-corrected chi connectivity index (χ1v) is 9.66. The van der Waals surface area contributed by atoms with Crippen molar-refractivity contribution in [3.05, 3.63) is 60.2 Å². The maximum Gasteiger partial charge on any atom is 0.251 e. The predicted octanol–water partition coefficient (Wildman–Crippen LogP) is 2.31. The van der Waals surface area contributed by atoms with E-state index in [1.807, 2.05) is 42.5 Å². The fraction of sp³-hybridized carbons (Fsp3) is 0.409. The lowest BCUT2D eigenvalue weighted by Gasteiger charge is -2.34. The van der Waals surface area contributed by atoms with Crippen molar-refractivity contribution in [2.45, 2.75) is 31.0 Å². The molecule has 0 unspecified atom stereocenters. The number of hydrogen-bond acceptors (Lipinski definition) is 4. The van der Waals surface area contributed by atoms with E-state index in [0.29, 0.717) is 24.6 Å². The van der Waals surface area contributed by atoms with Crippen LogP contribution in [0.4, 0.5) is 0 Å². The van der Waals surface area contributed by atoms with Gasteiger partial charge in [0.25, 0.3) is 5.91 Å². The zero-order valence-electron chi connectivity index (χ0n) is 15.4. The van der Waals surface area contributed by atoms with Crippen LogP contribution in [0.2, 0.25) is 0 Å². The van der Waals surface area contributed by atoms with Crippen LogP contribution in [-0.4, -0.2) is 60.4 Å². The van der Waals surface area contributed by atoms with Crippen LogP contribution in [-0.2, 0) is 4.74 Å². The molecular weight excluding hydrogens is 340 g/mol. The highest BCUT2D eigenvalue weighted by Gasteiger charge is 2.37. The summed E-state index contributed by atoms with van der Waals surface area (Å²) < 4.78 is 5.81. The molecule has 0 radical (unpaired) electrons. The third-order valence-corrected chi connectivity index (χ3v) is 5.53. The molecule has 2 aliphatic heterocycles. The van der Waals surface area contributed by atoms with Crippen molar-refractivity contribution in [2.75, 3.05) is 26.3 Å². The highest BCUT2D eigenvalue weighted by Crippen LogP contribution is 2.25. The average Bonchev–Trinajstić information content (AvgIpc) is 3.10. The Morgan fingerprint density at radius 3 is 2.56 bits per heavy atom. The fourth-order valence-corrected chi connectivity index (χ4v) is 4.08. The van der Waals surface area contributed by atoms with Crippen molar-refractivity contribution in [1.29, 1.82) is 0 Å². The van der Waals surface area contributed by atoms with E-state index in [2.05, 4.69) is 22.3 Å². The molecule has 0 saturated carbocycles. The largest absolute Gasteiger partial charge is 0.396 e. The van der Waals surface area contributed by atoms with Crippen molar-refractivity contribution in [3.8, 4) is 11.1 Å². The minimum atomic E-state index is -0.0210. The van der Waals surface area contributed by atoms with E-state index >= 15 is 0 Å². The van der Waals surface area contributed by atoms with Gasteiger partial charge in [-0.25, -0.2) is 0 Å². The van der Waals surface area contributed by atoms with Gasteiger partial charge in [-0.15, -0.1) is 0 Å². The molecule has 27 heavy (non-hydrogen) atoms. The minimum Gasteiger partial charge on any atom is -0.396 e. The molecule has 2 aromatic carbocycles. The number of ether oxygens (including phenoxy) is 1. The molecule has 0 bridgehead atoms. The van der Waals surface area contributed by atoms with Crippen LogP contribution >= 0.6 is 0 Å². The molecule has 142 valence electrons. The highest BCUT2D eigenvalue weighted by molar-refractivity contribution is 5.94. The van der Waals surface area contributed by atoms with E-state index in [1.54, 1.807) is 0 Å². The smallest absolute Gasteiger partial charge is 0.251 e. The maximum atomic E-state index is 12.6. The fourth-order valence-electron chi connectivity index (χ4n) is 4.08. The van der Waals surface area contributed by atoms with Gasteiger partial charge in [-0.2, -0.15) is 0 Å². The lowest BCUT2D eigenvalue weighted by Crippen LogP contribution is -2.46. The van der Waals surface area contributed by atoms with Gasteiger partial charge in [0.05, 0.1) is 12.7 Å². The number of amides is 1. The Morgan fingerprint density at radius 1 is 1.07 bits per heavy atom. The van der Waals surface area contributed by atoms with Crippen LogP contribution in [0.15, 0.2) is 54.6 Å². The standard InChI is InChI=1S/C22H26N2O3/c25-11-10-21-14-24-13-19(12-20(24)15-27-21)23-22(26)18-8-6-17(7-9-18)16-4-2-1-3-5-16/h1-9,19-21,25H,10-15H2,(H,23,26)/t19-,20-,21-/m0/s1. The first-order chi connectivity index (χ1) is 13.2. The number of benzene rings is 2. The number of aliphatic hydroxyl groups is 1. The molecule has 2 saturated heterocycles. The number of aliphatic hydroxyl groups excluding tert-OH is 1. The van der Waals surface area contributed by atoms with E-state index in [0.717, 1.165) is 30.6 Å². The first-order valence-electron chi connectivity index (χ1n) is 9.66. The Labute approximate surface area is 160 Å². The van der Waals surface area contributed by atoms with Crippen LogP contribution in [0.3, 0.4) is 0 Å². The topological polar surface area (TPSA) is 61.8 Å². The SMILES string of the molecule is O=C(N[C@H]1C[C@H]2CO[C@@H](CCO)CN2C1)c1ccc(-c2ccccc2)cc1. The summed E-state index contributed by atoms with van der Waals surface area (Å²) in [7, 11) is 0. The molecule has 2 heterocycles. The van der Waals surface area contributed by atoms with Gasteiger partial charge in [-0.1, -0.05) is 42.5 Å². The maximum absolute atomic E-state index is 12.6. The van der Waals surface area contributed by atoms with Crippen molar-refractivity contribution in [3.63, 3.8) is 0 Å². The Morgan fingerprint density at radius 2 is 1.81 bits per heavy atom. The average molecular weight is 366 g/mol. The molecule has 2 fully saturated rings.